The van der Waals surface area contributed by atoms with Crippen LogP contribution < -0.4 is 14.8 Å². The number of sulfonamides is 1. The monoisotopic (exact) mass is 396 g/mol. The van der Waals surface area contributed by atoms with Crippen LogP contribution in [-0.2, 0) is 24.7 Å². The molecule has 1 unspecified atom stereocenters. The van der Waals surface area contributed by atoms with E-state index in [0.29, 0.717) is 0 Å². The van der Waals surface area contributed by atoms with Crippen molar-refractivity contribution in [2.45, 2.75) is 15.9 Å². The molecule has 1 amide bonds. The van der Waals surface area contributed by atoms with E-state index in [1.165, 1.54) is 24.3 Å². The summed E-state index contributed by atoms with van der Waals surface area (Å²) in [5.41, 5.74) is 5.56. The van der Waals surface area contributed by atoms with E-state index in [2.05, 4.69) is 0 Å². The van der Waals surface area contributed by atoms with Gasteiger partial charge in [0.15, 0.2) is 15.9 Å². The van der Waals surface area contributed by atoms with Crippen LogP contribution in [0.4, 0.5) is 5.69 Å². The first-order valence-corrected chi connectivity index (χ1v) is 10.8. The molecule has 10 heteroatoms. The fourth-order valence-corrected chi connectivity index (χ4v) is 4.67. The minimum absolute atomic E-state index is 0.00819. The number of benzene rings is 2. The highest BCUT2D eigenvalue weighted by Gasteiger charge is 2.36. The standard InChI is InChI=1S/C16H16N2O6S2/c1-25(20,21)11-6-8-12(9-7-11)26(22,23)18-10-15(16(17)19)24-14-5-3-2-4-13(14)18/h2-9,15H,10H2,1H3,(H2,17,19). The third-order valence-electron chi connectivity index (χ3n) is 3.89. The molecule has 0 spiro atoms. The van der Waals surface area contributed by atoms with Crippen molar-refractivity contribution in [1.82, 2.24) is 0 Å². The summed E-state index contributed by atoms with van der Waals surface area (Å²) in [6, 6.07) is 11.2. The first-order valence-electron chi connectivity index (χ1n) is 7.48. The number of carbonyl (C=O) groups is 1. The summed E-state index contributed by atoms with van der Waals surface area (Å²) in [5.74, 6) is -0.564. The van der Waals surface area contributed by atoms with Gasteiger partial charge in [-0.1, -0.05) is 12.1 Å². The van der Waals surface area contributed by atoms with E-state index < -0.39 is 31.9 Å². The van der Waals surface area contributed by atoms with E-state index in [0.717, 1.165) is 10.6 Å². The number of ether oxygens (including phenoxy) is 1. The fraction of sp³-hybridized carbons (Fsp3) is 0.188. The summed E-state index contributed by atoms with van der Waals surface area (Å²) >= 11 is 0. The van der Waals surface area contributed by atoms with Crippen molar-refractivity contribution >= 4 is 31.5 Å². The van der Waals surface area contributed by atoms with Crippen LogP contribution in [0.15, 0.2) is 58.3 Å². The number of carbonyl (C=O) groups excluding carboxylic acids is 1. The zero-order chi connectivity index (χ0) is 19.1. The van der Waals surface area contributed by atoms with Gasteiger partial charge in [-0.25, -0.2) is 16.8 Å². The summed E-state index contributed by atoms with van der Waals surface area (Å²) in [7, 11) is -7.50. The van der Waals surface area contributed by atoms with Crippen LogP contribution >= 0.6 is 0 Å². The summed E-state index contributed by atoms with van der Waals surface area (Å²) in [6.07, 6.45) is -0.0957. The van der Waals surface area contributed by atoms with Crippen LogP contribution in [0.5, 0.6) is 5.75 Å². The van der Waals surface area contributed by atoms with Crippen LogP contribution in [-0.4, -0.2) is 41.6 Å². The molecule has 0 aromatic heterocycles. The van der Waals surface area contributed by atoms with Gasteiger partial charge in [-0.15, -0.1) is 0 Å². The zero-order valence-corrected chi connectivity index (χ0v) is 15.3. The average molecular weight is 396 g/mol. The number of primary amides is 1. The molecule has 138 valence electrons. The van der Waals surface area contributed by atoms with Gasteiger partial charge in [-0.2, -0.15) is 0 Å². The number of hydrogen-bond donors (Lipinski definition) is 1. The SMILES string of the molecule is CS(=O)(=O)c1ccc(S(=O)(=O)N2CC(C(N)=O)Oc3ccccc32)cc1. The van der Waals surface area contributed by atoms with Gasteiger partial charge >= 0.3 is 0 Å². The molecule has 0 saturated heterocycles. The number of hydrogen-bond acceptors (Lipinski definition) is 6. The van der Waals surface area contributed by atoms with E-state index in [-0.39, 0.29) is 27.8 Å². The Kier molecular flexibility index (Phi) is 4.41. The van der Waals surface area contributed by atoms with Crippen LogP contribution in [0.1, 0.15) is 0 Å². The normalized spacial score (nSPS) is 17.3. The fourth-order valence-electron chi connectivity index (χ4n) is 2.56. The van der Waals surface area contributed by atoms with Crippen molar-refractivity contribution in [2.75, 3.05) is 17.1 Å². The average Bonchev–Trinajstić information content (AvgIpc) is 2.60. The second-order valence-corrected chi connectivity index (χ2v) is 9.63. The maximum atomic E-state index is 13.0. The highest BCUT2D eigenvalue weighted by molar-refractivity contribution is 7.93. The molecule has 2 aromatic carbocycles. The molecule has 0 bridgehead atoms. The van der Waals surface area contributed by atoms with Crippen molar-refractivity contribution in [3.63, 3.8) is 0 Å². The number of fused-ring (bicyclic) bond motifs is 1. The summed E-state index contributed by atoms with van der Waals surface area (Å²) in [5, 5.41) is 0. The van der Waals surface area contributed by atoms with Gasteiger partial charge in [0, 0.05) is 6.26 Å². The van der Waals surface area contributed by atoms with Crippen molar-refractivity contribution in [1.29, 1.82) is 0 Å². The van der Waals surface area contributed by atoms with Crippen LogP contribution in [0.2, 0.25) is 0 Å². The third-order valence-corrected chi connectivity index (χ3v) is 6.81. The lowest BCUT2D eigenvalue weighted by molar-refractivity contribution is -0.124. The Morgan fingerprint density at radius 3 is 2.19 bits per heavy atom. The molecule has 0 saturated carbocycles. The molecule has 2 N–H and O–H groups in total. The van der Waals surface area contributed by atoms with Crippen LogP contribution in [0.25, 0.3) is 0 Å². The Bertz CT molecular complexity index is 1060. The van der Waals surface area contributed by atoms with Crippen LogP contribution in [0, 0.1) is 0 Å². The molecule has 3 rings (SSSR count). The molecule has 26 heavy (non-hydrogen) atoms. The van der Waals surface area contributed by atoms with Crippen molar-refractivity contribution in [3.05, 3.63) is 48.5 Å². The van der Waals surface area contributed by atoms with Gasteiger partial charge in [0.25, 0.3) is 15.9 Å². The Balaban J connectivity index is 2.07. The maximum absolute atomic E-state index is 13.0. The molecule has 8 nitrogen and oxygen atoms in total. The summed E-state index contributed by atoms with van der Waals surface area (Å²) < 4.78 is 55.7. The number of sulfone groups is 1. The highest BCUT2D eigenvalue weighted by Crippen LogP contribution is 2.36. The summed E-state index contributed by atoms with van der Waals surface area (Å²) in [4.78, 5) is 11.4. The molecule has 1 heterocycles. The summed E-state index contributed by atoms with van der Waals surface area (Å²) in [6.45, 7) is -0.275. The van der Waals surface area contributed by atoms with Crippen molar-refractivity contribution in [2.24, 2.45) is 5.73 Å². The van der Waals surface area contributed by atoms with Crippen LogP contribution in [0.3, 0.4) is 0 Å². The van der Waals surface area contributed by atoms with E-state index in [4.69, 9.17) is 10.5 Å². The topological polar surface area (TPSA) is 124 Å². The van der Waals surface area contributed by atoms with E-state index in [1.54, 1.807) is 24.3 Å². The predicted octanol–water partition coefficient (Wildman–Crippen LogP) is 0.532. The quantitative estimate of drug-likeness (QED) is 0.804. The molecule has 2 aromatic rings. The third kappa shape index (κ3) is 3.25. The lowest BCUT2D eigenvalue weighted by Gasteiger charge is -2.34. The molecular formula is C16H16N2O6S2. The number of rotatable bonds is 4. The maximum Gasteiger partial charge on any atom is 0.264 e. The Morgan fingerprint density at radius 2 is 1.62 bits per heavy atom. The molecule has 1 atom stereocenters. The van der Waals surface area contributed by atoms with Gasteiger partial charge in [0.05, 0.1) is 22.0 Å². The second-order valence-electron chi connectivity index (χ2n) is 5.76. The lowest BCUT2D eigenvalue weighted by Crippen LogP contribution is -2.49. The predicted molar refractivity (Wildman–Crippen MR) is 94.1 cm³/mol. The minimum Gasteiger partial charge on any atom is -0.476 e. The van der Waals surface area contributed by atoms with Gasteiger partial charge in [0.2, 0.25) is 0 Å². The molecule has 1 aliphatic heterocycles. The molecule has 0 aliphatic carbocycles. The second kappa shape index (κ2) is 6.29. The number of nitrogens with zero attached hydrogens (tertiary/aromatic N) is 1. The highest BCUT2D eigenvalue weighted by atomic mass is 32.2. The van der Waals surface area contributed by atoms with E-state index in [9.17, 15) is 21.6 Å². The van der Waals surface area contributed by atoms with E-state index >= 15 is 0 Å². The Labute approximate surface area is 151 Å². The Morgan fingerprint density at radius 1 is 1.04 bits per heavy atom. The lowest BCUT2D eigenvalue weighted by atomic mass is 10.2. The first kappa shape index (κ1) is 18.2. The zero-order valence-electron chi connectivity index (χ0n) is 13.7. The molecular weight excluding hydrogens is 380 g/mol. The van der Waals surface area contributed by atoms with Crippen molar-refractivity contribution < 1.29 is 26.4 Å². The number of amides is 1. The number of para-hydroxylation sites is 2. The largest absolute Gasteiger partial charge is 0.476 e. The molecule has 0 fully saturated rings. The first-order chi connectivity index (χ1) is 12.1. The smallest absolute Gasteiger partial charge is 0.264 e. The number of anilines is 1. The minimum atomic E-state index is -4.05. The molecule has 1 aliphatic rings. The van der Waals surface area contributed by atoms with Gasteiger partial charge in [0.1, 0.15) is 5.75 Å². The Hall–Kier alpha value is -2.59. The van der Waals surface area contributed by atoms with Gasteiger partial charge in [-0.05, 0) is 36.4 Å². The van der Waals surface area contributed by atoms with E-state index in [1.807, 2.05) is 0 Å². The van der Waals surface area contributed by atoms with Crippen molar-refractivity contribution in [3.8, 4) is 5.75 Å². The van der Waals surface area contributed by atoms with Gasteiger partial charge in [-0.3, -0.25) is 9.10 Å². The van der Waals surface area contributed by atoms with Gasteiger partial charge < -0.3 is 10.5 Å². The molecule has 0 radical (unpaired) electrons. The number of nitrogens with two attached hydrogens (primary N) is 1.